The van der Waals surface area contributed by atoms with E-state index in [0.29, 0.717) is 16.9 Å². The van der Waals surface area contributed by atoms with Gasteiger partial charge in [-0.15, -0.1) is 0 Å². The van der Waals surface area contributed by atoms with Crippen molar-refractivity contribution in [1.82, 2.24) is 0 Å². The number of carboxylic acids is 1. The second-order valence-corrected chi connectivity index (χ2v) is 8.10. The zero-order chi connectivity index (χ0) is 24.3. The first-order valence-electron chi connectivity index (χ1n) is 10.7. The molecule has 1 fully saturated rings. The zero-order valence-corrected chi connectivity index (χ0v) is 18.3. The smallest absolute Gasteiger partial charge is 0.417 e. The van der Waals surface area contributed by atoms with Crippen molar-refractivity contribution in [3.63, 3.8) is 0 Å². The van der Waals surface area contributed by atoms with Crippen LogP contribution in [-0.2, 0) is 32.7 Å². The number of benzene rings is 3. The maximum absolute atomic E-state index is 14.0. The Balaban J connectivity index is 1.54. The van der Waals surface area contributed by atoms with Gasteiger partial charge in [-0.3, -0.25) is 0 Å². The van der Waals surface area contributed by atoms with Gasteiger partial charge < -0.3 is 19.3 Å². The van der Waals surface area contributed by atoms with Crippen LogP contribution < -0.4 is 4.74 Å². The molecule has 3 aromatic rings. The predicted octanol–water partition coefficient (Wildman–Crippen LogP) is 5.67. The summed E-state index contributed by atoms with van der Waals surface area (Å²) in [7, 11) is 0. The Morgan fingerprint density at radius 1 is 1.03 bits per heavy atom. The molecule has 1 unspecified atom stereocenters. The first kappa shape index (κ1) is 23.8. The molecule has 8 heteroatoms. The first-order chi connectivity index (χ1) is 16.2. The van der Waals surface area contributed by atoms with Gasteiger partial charge in [0, 0.05) is 5.56 Å². The lowest BCUT2D eigenvalue weighted by Gasteiger charge is -2.42. The molecule has 178 valence electrons. The lowest BCUT2D eigenvalue weighted by Crippen LogP contribution is -2.51. The van der Waals surface area contributed by atoms with E-state index in [4.69, 9.17) is 19.3 Å². The highest BCUT2D eigenvalue weighted by atomic mass is 19.4. The molecule has 0 bridgehead atoms. The fourth-order valence-corrected chi connectivity index (χ4v) is 3.91. The van der Waals surface area contributed by atoms with E-state index in [0.717, 1.165) is 0 Å². The molecule has 5 nitrogen and oxygen atoms in total. The zero-order valence-electron chi connectivity index (χ0n) is 18.3. The summed E-state index contributed by atoms with van der Waals surface area (Å²) in [4.78, 5) is 11.2. The van der Waals surface area contributed by atoms with E-state index in [1.807, 2.05) is 0 Å². The topological polar surface area (TPSA) is 65.0 Å². The van der Waals surface area contributed by atoms with Crippen LogP contribution in [0.3, 0.4) is 0 Å². The van der Waals surface area contributed by atoms with Gasteiger partial charge >= 0.3 is 12.1 Å². The van der Waals surface area contributed by atoms with Crippen molar-refractivity contribution in [2.45, 2.75) is 31.4 Å². The third-order valence-corrected chi connectivity index (χ3v) is 5.71. The Bertz CT molecular complexity index is 1140. The molecule has 1 aliphatic heterocycles. The van der Waals surface area contributed by atoms with Crippen molar-refractivity contribution in [2.75, 3.05) is 13.2 Å². The fraction of sp³-hybridized carbons (Fsp3) is 0.269. The number of halogens is 3. The van der Waals surface area contributed by atoms with Crippen molar-refractivity contribution in [2.24, 2.45) is 0 Å². The summed E-state index contributed by atoms with van der Waals surface area (Å²) in [6, 6.07) is 19.5. The minimum Gasteiger partial charge on any atom is -0.489 e. The maximum atomic E-state index is 14.0. The molecule has 1 N–H and O–H groups in total. The highest BCUT2D eigenvalue weighted by molar-refractivity contribution is 5.72. The molecule has 0 aromatic heterocycles. The molecule has 0 saturated carbocycles. The summed E-state index contributed by atoms with van der Waals surface area (Å²) >= 11 is 0. The number of hydrogen-bond acceptors (Lipinski definition) is 4. The van der Waals surface area contributed by atoms with Crippen LogP contribution in [0.1, 0.15) is 23.6 Å². The van der Waals surface area contributed by atoms with E-state index in [9.17, 15) is 18.0 Å². The van der Waals surface area contributed by atoms with E-state index >= 15 is 0 Å². The number of hydrogen-bond donors (Lipinski definition) is 1. The summed E-state index contributed by atoms with van der Waals surface area (Å²) in [5.74, 6) is -0.701. The molecule has 0 radical (unpaired) electrons. The molecule has 1 atom stereocenters. The molecule has 3 aromatic carbocycles. The maximum Gasteiger partial charge on any atom is 0.417 e. The van der Waals surface area contributed by atoms with Gasteiger partial charge in [0.2, 0.25) is 0 Å². The SMILES string of the molecule is CC(OC1(c2ccc(OCc3cccc(-c4ccccc4)c3C(F)(F)F)cc2)COC1)C(=O)O. The monoisotopic (exact) mass is 472 g/mol. The predicted molar refractivity (Wildman–Crippen MR) is 118 cm³/mol. The minimum absolute atomic E-state index is 0.0282. The quantitative estimate of drug-likeness (QED) is 0.458. The van der Waals surface area contributed by atoms with Gasteiger partial charge in [0.05, 0.1) is 18.8 Å². The first-order valence-corrected chi connectivity index (χ1v) is 10.7. The lowest BCUT2D eigenvalue weighted by molar-refractivity contribution is -0.237. The van der Waals surface area contributed by atoms with Gasteiger partial charge in [0.15, 0.2) is 6.10 Å². The Morgan fingerprint density at radius 2 is 1.71 bits per heavy atom. The molecular formula is C26H23F3O5. The van der Waals surface area contributed by atoms with E-state index in [-0.39, 0.29) is 30.9 Å². The van der Waals surface area contributed by atoms with E-state index < -0.39 is 29.4 Å². The van der Waals surface area contributed by atoms with Crippen molar-refractivity contribution in [3.05, 3.63) is 89.5 Å². The molecular weight excluding hydrogens is 449 g/mol. The molecule has 0 aliphatic carbocycles. The lowest BCUT2D eigenvalue weighted by atomic mass is 9.91. The van der Waals surface area contributed by atoms with Crippen LogP contribution in [0.2, 0.25) is 0 Å². The van der Waals surface area contributed by atoms with Crippen molar-refractivity contribution < 1.29 is 37.3 Å². The van der Waals surface area contributed by atoms with Gasteiger partial charge in [0.25, 0.3) is 0 Å². The van der Waals surface area contributed by atoms with Crippen LogP contribution in [0.25, 0.3) is 11.1 Å². The highest BCUT2D eigenvalue weighted by Gasteiger charge is 2.44. The number of ether oxygens (including phenoxy) is 3. The van der Waals surface area contributed by atoms with E-state index in [2.05, 4.69) is 0 Å². The molecule has 4 rings (SSSR count). The van der Waals surface area contributed by atoms with Crippen LogP contribution in [0.5, 0.6) is 5.75 Å². The van der Waals surface area contributed by atoms with Crippen LogP contribution in [0.15, 0.2) is 72.8 Å². The third kappa shape index (κ3) is 4.93. The van der Waals surface area contributed by atoms with Crippen LogP contribution in [0, 0.1) is 0 Å². The number of rotatable bonds is 8. The number of carbonyl (C=O) groups is 1. The van der Waals surface area contributed by atoms with Gasteiger partial charge in [-0.1, -0.05) is 60.7 Å². The Kier molecular flexibility index (Phi) is 6.63. The summed E-state index contributed by atoms with van der Waals surface area (Å²) in [5.41, 5.74) is -0.281. The standard InChI is InChI=1S/C26H23F3O5/c1-17(24(30)31)34-25(15-32-16-25)20-10-12-21(13-11-20)33-14-19-8-5-9-22(23(19)26(27,28)29)18-6-3-2-4-7-18/h2-13,17H,14-16H2,1H3,(H,30,31). The molecule has 1 saturated heterocycles. The Morgan fingerprint density at radius 3 is 2.26 bits per heavy atom. The second-order valence-electron chi connectivity index (χ2n) is 8.10. The number of alkyl halides is 3. The summed E-state index contributed by atoms with van der Waals surface area (Å²) in [6.07, 6.45) is -5.57. The average molecular weight is 472 g/mol. The van der Waals surface area contributed by atoms with Gasteiger partial charge in [-0.05, 0) is 35.7 Å². The van der Waals surface area contributed by atoms with E-state index in [1.165, 1.54) is 19.1 Å². The Hall–Kier alpha value is -3.36. The second kappa shape index (κ2) is 9.48. The van der Waals surface area contributed by atoms with Crippen LogP contribution in [0.4, 0.5) is 13.2 Å². The van der Waals surface area contributed by atoms with Crippen molar-refractivity contribution in [3.8, 4) is 16.9 Å². The number of carboxylic acid groups (broad SMARTS) is 1. The summed E-state index contributed by atoms with van der Waals surface area (Å²) in [6.45, 7) is 1.61. The molecule has 1 heterocycles. The van der Waals surface area contributed by atoms with Crippen molar-refractivity contribution >= 4 is 5.97 Å². The molecule has 0 amide bonds. The van der Waals surface area contributed by atoms with Gasteiger partial charge in [-0.25, -0.2) is 4.79 Å². The number of aliphatic carboxylic acids is 1. The van der Waals surface area contributed by atoms with Crippen LogP contribution in [-0.4, -0.2) is 30.4 Å². The molecule has 0 spiro atoms. The normalized spacial score (nSPS) is 15.9. The average Bonchev–Trinajstić information content (AvgIpc) is 2.80. The highest BCUT2D eigenvalue weighted by Crippen LogP contribution is 2.40. The van der Waals surface area contributed by atoms with Crippen LogP contribution >= 0.6 is 0 Å². The fourth-order valence-electron chi connectivity index (χ4n) is 3.91. The summed E-state index contributed by atoms with van der Waals surface area (Å²) < 4.78 is 58.6. The third-order valence-electron chi connectivity index (χ3n) is 5.71. The molecule has 1 aliphatic rings. The molecule has 34 heavy (non-hydrogen) atoms. The van der Waals surface area contributed by atoms with Crippen molar-refractivity contribution in [1.29, 1.82) is 0 Å². The van der Waals surface area contributed by atoms with Gasteiger partial charge in [-0.2, -0.15) is 13.2 Å². The van der Waals surface area contributed by atoms with Gasteiger partial charge in [0.1, 0.15) is 18.0 Å². The Labute approximate surface area is 194 Å². The minimum atomic E-state index is -4.55. The largest absolute Gasteiger partial charge is 0.489 e. The van der Waals surface area contributed by atoms with E-state index in [1.54, 1.807) is 60.7 Å². The summed E-state index contributed by atoms with van der Waals surface area (Å²) in [5, 5.41) is 9.14.